The molecule has 1 aliphatic heterocycles. The summed E-state index contributed by atoms with van der Waals surface area (Å²) in [6.07, 6.45) is 0. The van der Waals surface area contributed by atoms with E-state index in [0.29, 0.717) is 13.1 Å². The predicted molar refractivity (Wildman–Crippen MR) is 117 cm³/mol. The van der Waals surface area contributed by atoms with Gasteiger partial charge in [0.1, 0.15) is 11.5 Å². The molecule has 1 saturated heterocycles. The molecule has 0 bridgehead atoms. The molecule has 0 spiro atoms. The van der Waals surface area contributed by atoms with E-state index in [1.54, 1.807) is 30.6 Å². The molecule has 6 heteroatoms. The topological polar surface area (TPSA) is 53.0 Å². The van der Waals surface area contributed by atoms with Crippen molar-refractivity contribution in [2.45, 2.75) is 6.92 Å². The predicted octanol–water partition coefficient (Wildman–Crippen LogP) is 4.40. The SMILES string of the molecule is COc1ccc(-c2cc(C(=O)N3CCN(c4cccc(O)c4)CC3)sc2C)cc1. The summed E-state index contributed by atoms with van der Waals surface area (Å²) in [5.41, 5.74) is 3.18. The second-order valence-electron chi connectivity index (χ2n) is 7.11. The Balaban J connectivity index is 1.45. The number of carbonyl (C=O) groups excluding carboxylic acids is 1. The van der Waals surface area contributed by atoms with Crippen LogP contribution in [0.3, 0.4) is 0 Å². The Morgan fingerprint density at radius 2 is 1.76 bits per heavy atom. The second-order valence-corrected chi connectivity index (χ2v) is 8.36. The van der Waals surface area contributed by atoms with Crippen LogP contribution < -0.4 is 9.64 Å². The lowest BCUT2D eigenvalue weighted by molar-refractivity contribution is 0.0751. The highest BCUT2D eigenvalue weighted by Gasteiger charge is 2.24. The zero-order chi connectivity index (χ0) is 20.4. The Kier molecular flexibility index (Phi) is 5.45. The smallest absolute Gasteiger partial charge is 0.264 e. The number of phenolic OH excluding ortho intramolecular Hbond substituents is 1. The summed E-state index contributed by atoms with van der Waals surface area (Å²) >= 11 is 1.55. The van der Waals surface area contributed by atoms with Crippen LogP contribution in [0.25, 0.3) is 11.1 Å². The maximum absolute atomic E-state index is 13.1. The van der Waals surface area contributed by atoms with Crippen molar-refractivity contribution in [3.63, 3.8) is 0 Å². The van der Waals surface area contributed by atoms with E-state index < -0.39 is 0 Å². The summed E-state index contributed by atoms with van der Waals surface area (Å²) < 4.78 is 5.23. The number of thiophene rings is 1. The maximum atomic E-state index is 13.1. The zero-order valence-electron chi connectivity index (χ0n) is 16.6. The summed E-state index contributed by atoms with van der Waals surface area (Å²) in [4.78, 5) is 19.1. The first kappa shape index (κ1) is 19.3. The fourth-order valence-corrected chi connectivity index (χ4v) is 4.67. The molecule has 2 aromatic carbocycles. The van der Waals surface area contributed by atoms with Crippen LogP contribution in [0, 0.1) is 6.92 Å². The first-order chi connectivity index (χ1) is 14.0. The molecule has 1 aliphatic rings. The molecule has 1 fully saturated rings. The number of benzene rings is 2. The maximum Gasteiger partial charge on any atom is 0.264 e. The van der Waals surface area contributed by atoms with E-state index in [1.807, 2.05) is 47.4 Å². The molecule has 0 radical (unpaired) electrons. The van der Waals surface area contributed by atoms with E-state index >= 15 is 0 Å². The number of methoxy groups -OCH3 is 1. The highest BCUT2D eigenvalue weighted by molar-refractivity contribution is 7.14. The molecular formula is C23H24N2O3S. The van der Waals surface area contributed by atoms with Crippen molar-refractivity contribution >= 4 is 22.9 Å². The number of rotatable bonds is 4. The molecule has 2 heterocycles. The van der Waals surface area contributed by atoms with Crippen LogP contribution in [0.15, 0.2) is 54.6 Å². The molecule has 0 saturated carbocycles. The fraction of sp³-hybridized carbons (Fsp3) is 0.261. The van der Waals surface area contributed by atoms with Gasteiger partial charge >= 0.3 is 0 Å². The monoisotopic (exact) mass is 408 g/mol. The third-order valence-electron chi connectivity index (χ3n) is 5.29. The number of hydrogen-bond donors (Lipinski definition) is 1. The Hall–Kier alpha value is -2.99. The molecule has 0 unspecified atom stereocenters. The minimum atomic E-state index is 0.0911. The average molecular weight is 409 g/mol. The van der Waals surface area contributed by atoms with Gasteiger partial charge in [0.05, 0.1) is 12.0 Å². The summed E-state index contributed by atoms with van der Waals surface area (Å²) in [5.74, 6) is 1.18. The third-order valence-corrected chi connectivity index (χ3v) is 6.33. The second kappa shape index (κ2) is 8.17. The number of ether oxygens (including phenoxy) is 1. The molecule has 5 nitrogen and oxygen atoms in total. The number of aromatic hydroxyl groups is 1. The van der Waals surface area contributed by atoms with E-state index in [4.69, 9.17) is 4.74 Å². The van der Waals surface area contributed by atoms with Gasteiger partial charge in [-0.2, -0.15) is 0 Å². The summed E-state index contributed by atoms with van der Waals surface area (Å²) in [7, 11) is 1.65. The average Bonchev–Trinajstić information content (AvgIpc) is 3.15. The Morgan fingerprint density at radius 1 is 1.03 bits per heavy atom. The minimum absolute atomic E-state index is 0.0911. The van der Waals surface area contributed by atoms with Gasteiger partial charge in [-0.1, -0.05) is 18.2 Å². The van der Waals surface area contributed by atoms with Gasteiger partial charge in [0.25, 0.3) is 5.91 Å². The number of anilines is 1. The molecule has 1 amide bonds. The minimum Gasteiger partial charge on any atom is -0.508 e. The van der Waals surface area contributed by atoms with Crippen LogP contribution in [-0.4, -0.2) is 49.2 Å². The Morgan fingerprint density at radius 3 is 2.41 bits per heavy atom. The van der Waals surface area contributed by atoms with E-state index in [0.717, 1.165) is 45.4 Å². The molecule has 1 N–H and O–H groups in total. The number of aryl methyl sites for hydroxylation is 1. The van der Waals surface area contributed by atoms with Crippen molar-refractivity contribution in [1.29, 1.82) is 0 Å². The Labute approximate surface area is 174 Å². The molecule has 3 aromatic rings. The molecule has 1 aromatic heterocycles. The molecular weight excluding hydrogens is 384 g/mol. The van der Waals surface area contributed by atoms with E-state index in [-0.39, 0.29) is 11.7 Å². The van der Waals surface area contributed by atoms with Gasteiger partial charge < -0.3 is 19.6 Å². The van der Waals surface area contributed by atoms with Gasteiger partial charge in [-0.3, -0.25) is 4.79 Å². The molecule has 29 heavy (non-hydrogen) atoms. The standard InChI is InChI=1S/C23H24N2O3S/c1-16-21(17-6-8-20(28-2)9-7-17)15-22(29-16)23(27)25-12-10-24(11-13-25)18-4-3-5-19(26)14-18/h3-9,14-15,26H,10-13H2,1-2H3. The van der Waals surface area contributed by atoms with Crippen molar-refractivity contribution in [3.05, 3.63) is 64.4 Å². The number of amides is 1. The van der Waals surface area contributed by atoms with E-state index in [2.05, 4.69) is 11.8 Å². The zero-order valence-corrected chi connectivity index (χ0v) is 17.4. The van der Waals surface area contributed by atoms with Crippen molar-refractivity contribution in [2.75, 3.05) is 38.2 Å². The van der Waals surface area contributed by atoms with Crippen LogP contribution in [0.5, 0.6) is 11.5 Å². The first-order valence-corrected chi connectivity index (χ1v) is 10.4. The lowest BCUT2D eigenvalue weighted by Gasteiger charge is -2.36. The van der Waals surface area contributed by atoms with Gasteiger partial charge in [0.2, 0.25) is 0 Å². The van der Waals surface area contributed by atoms with Crippen LogP contribution in [0.2, 0.25) is 0 Å². The van der Waals surface area contributed by atoms with Crippen LogP contribution in [0.1, 0.15) is 14.5 Å². The summed E-state index contributed by atoms with van der Waals surface area (Å²) in [6.45, 7) is 4.91. The summed E-state index contributed by atoms with van der Waals surface area (Å²) in [5, 5.41) is 9.69. The first-order valence-electron chi connectivity index (χ1n) is 9.63. The van der Waals surface area contributed by atoms with E-state index in [9.17, 15) is 9.90 Å². The van der Waals surface area contributed by atoms with Crippen LogP contribution >= 0.6 is 11.3 Å². The highest BCUT2D eigenvalue weighted by atomic mass is 32.1. The largest absolute Gasteiger partial charge is 0.508 e. The normalized spacial score (nSPS) is 14.1. The third kappa shape index (κ3) is 4.07. The summed E-state index contributed by atoms with van der Waals surface area (Å²) in [6, 6.07) is 17.2. The Bertz CT molecular complexity index is 1010. The number of phenols is 1. The highest BCUT2D eigenvalue weighted by Crippen LogP contribution is 2.33. The van der Waals surface area contributed by atoms with Crippen molar-refractivity contribution < 1.29 is 14.6 Å². The molecule has 0 atom stereocenters. The fourth-order valence-electron chi connectivity index (χ4n) is 3.66. The van der Waals surface area contributed by atoms with Crippen molar-refractivity contribution in [2.24, 2.45) is 0 Å². The lowest BCUT2D eigenvalue weighted by Crippen LogP contribution is -2.48. The van der Waals surface area contributed by atoms with Gasteiger partial charge in [-0.05, 0) is 48.4 Å². The quantitative estimate of drug-likeness (QED) is 0.695. The lowest BCUT2D eigenvalue weighted by atomic mass is 10.1. The van der Waals surface area contributed by atoms with Gasteiger partial charge in [0, 0.05) is 42.8 Å². The van der Waals surface area contributed by atoms with Gasteiger partial charge in [-0.15, -0.1) is 11.3 Å². The number of hydrogen-bond acceptors (Lipinski definition) is 5. The van der Waals surface area contributed by atoms with Crippen molar-refractivity contribution in [3.8, 4) is 22.6 Å². The van der Waals surface area contributed by atoms with Gasteiger partial charge in [-0.25, -0.2) is 0 Å². The number of carbonyl (C=O) groups is 1. The van der Waals surface area contributed by atoms with E-state index in [1.165, 1.54) is 0 Å². The molecule has 150 valence electrons. The van der Waals surface area contributed by atoms with Crippen LogP contribution in [0.4, 0.5) is 5.69 Å². The number of piperazine rings is 1. The van der Waals surface area contributed by atoms with Crippen molar-refractivity contribution in [1.82, 2.24) is 4.90 Å². The van der Waals surface area contributed by atoms with Crippen LogP contribution in [-0.2, 0) is 0 Å². The molecule has 4 rings (SSSR count). The van der Waals surface area contributed by atoms with Gasteiger partial charge in [0.15, 0.2) is 0 Å². The number of nitrogens with zero attached hydrogens (tertiary/aromatic N) is 2. The molecule has 0 aliphatic carbocycles.